The van der Waals surface area contributed by atoms with Gasteiger partial charge in [-0.2, -0.15) is 20.5 Å². The first-order valence-corrected chi connectivity index (χ1v) is 6.40. The summed E-state index contributed by atoms with van der Waals surface area (Å²) < 4.78 is 0. The second kappa shape index (κ2) is 5.17. The van der Waals surface area contributed by atoms with Crippen molar-refractivity contribution < 1.29 is 0 Å². The molecule has 4 heteroatoms. The molecule has 0 spiro atoms. The smallest absolute Gasteiger partial charge is 0.101 e. The fourth-order valence-electron chi connectivity index (χ4n) is 2.50. The first kappa shape index (κ1) is 12.4. The molecule has 3 aromatic rings. The van der Waals surface area contributed by atoms with Gasteiger partial charge in [0.2, 0.25) is 0 Å². The van der Waals surface area contributed by atoms with Crippen molar-refractivity contribution in [3.05, 3.63) is 48.5 Å². The second-order valence-corrected chi connectivity index (χ2v) is 4.39. The molecule has 0 aromatic heterocycles. The van der Waals surface area contributed by atoms with E-state index in [2.05, 4.69) is 20.5 Å². The van der Waals surface area contributed by atoms with Gasteiger partial charge in [0.25, 0.3) is 0 Å². The number of rotatable bonds is 2. The van der Waals surface area contributed by atoms with Crippen LogP contribution in [0.25, 0.3) is 21.5 Å². The average molecular weight is 262 g/mol. The highest BCUT2D eigenvalue weighted by Gasteiger charge is 2.12. The summed E-state index contributed by atoms with van der Waals surface area (Å²) in [5.41, 5.74) is 1.77. The molecule has 0 unspecified atom stereocenters. The minimum absolute atomic E-state index is 0.883. The quantitative estimate of drug-likeness (QED) is 0.437. The summed E-state index contributed by atoms with van der Waals surface area (Å²) >= 11 is 0. The van der Waals surface area contributed by atoms with Gasteiger partial charge in [-0.3, -0.25) is 0 Å². The van der Waals surface area contributed by atoms with E-state index in [0.717, 1.165) is 32.9 Å². The molecule has 0 saturated heterocycles. The van der Waals surface area contributed by atoms with E-state index in [-0.39, 0.29) is 0 Å². The SMILES string of the molecule is CN=Nc1c2ccccc2c(N=NC)c2ccccc12. The summed E-state index contributed by atoms with van der Waals surface area (Å²) in [7, 11) is 3.37. The molecule has 0 atom stereocenters. The Hall–Kier alpha value is -2.62. The number of azo groups is 2. The maximum atomic E-state index is 4.32. The number of hydrogen-bond acceptors (Lipinski definition) is 4. The molecule has 3 rings (SSSR count). The van der Waals surface area contributed by atoms with Crippen LogP contribution in [-0.4, -0.2) is 14.1 Å². The largest absolute Gasteiger partial charge is 0.192 e. The minimum atomic E-state index is 0.883. The molecular weight excluding hydrogens is 248 g/mol. The van der Waals surface area contributed by atoms with Gasteiger partial charge in [0.15, 0.2) is 0 Å². The summed E-state index contributed by atoms with van der Waals surface area (Å²) in [4.78, 5) is 0. The molecule has 3 aromatic carbocycles. The van der Waals surface area contributed by atoms with Crippen molar-refractivity contribution in [2.24, 2.45) is 20.5 Å². The summed E-state index contributed by atoms with van der Waals surface area (Å²) in [6.07, 6.45) is 0. The van der Waals surface area contributed by atoms with Crippen molar-refractivity contribution in [2.75, 3.05) is 14.1 Å². The van der Waals surface area contributed by atoms with Crippen molar-refractivity contribution in [1.29, 1.82) is 0 Å². The lowest BCUT2D eigenvalue weighted by Gasteiger charge is -2.10. The fourth-order valence-corrected chi connectivity index (χ4v) is 2.50. The molecule has 0 N–H and O–H groups in total. The zero-order chi connectivity index (χ0) is 13.9. The van der Waals surface area contributed by atoms with Gasteiger partial charge in [-0.15, -0.1) is 0 Å². The Morgan fingerprint density at radius 2 is 0.850 bits per heavy atom. The van der Waals surface area contributed by atoms with Crippen LogP contribution in [0.2, 0.25) is 0 Å². The van der Waals surface area contributed by atoms with Crippen molar-refractivity contribution in [2.45, 2.75) is 0 Å². The van der Waals surface area contributed by atoms with Gasteiger partial charge in [0.1, 0.15) is 11.4 Å². The summed E-state index contributed by atoms with van der Waals surface area (Å²) in [5, 5.41) is 20.7. The first-order valence-electron chi connectivity index (χ1n) is 6.40. The van der Waals surface area contributed by atoms with Gasteiger partial charge >= 0.3 is 0 Å². The van der Waals surface area contributed by atoms with Gasteiger partial charge < -0.3 is 0 Å². The van der Waals surface area contributed by atoms with E-state index < -0.39 is 0 Å². The van der Waals surface area contributed by atoms with Crippen LogP contribution in [0.4, 0.5) is 11.4 Å². The lowest BCUT2D eigenvalue weighted by atomic mass is 9.99. The summed E-state index contributed by atoms with van der Waals surface area (Å²) in [5.74, 6) is 0. The zero-order valence-corrected chi connectivity index (χ0v) is 11.4. The monoisotopic (exact) mass is 262 g/mol. The van der Waals surface area contributed by atoms with E-state index in [4.69, 9.17) is 0 Å². The Morgan fingerprint density at radius 3 is 1.10 bits per heavy atom. The van der Waals surface area contributed by atoms with E-state index in [1.807, 2.05) is 48.5 Å². The summed E-state index contributed by atoms with van der Waals surface area (Å²) in [6, 6.07) is 16.2. The van der Waals surface area contributed by atoms with Gasteiger partial charge in [0, 0.05) is 35.6 Å². The second-order valence-electron chi connectivity index (χ2n) is 4.39. The van der Waals surface area contributed by atoms with Crippen LogP contribution in [0.15, 0.2) is 69.0 Å². The van der Waals surface area contributed by atoms with Gasteiger partial charge in [-0.25, -0.2) is 0 Å². The Balaban J connectivity index is 2.61. The van der Waals surface area contributed by atoms with E-state index in [1.54, 1.807) is 14.1 Å². The summed E-state index contributed by atoms with van der Waals surface area (Å²) in [6.45, 7) is 0. The van der Waals surface area contributed by atoms with Crippen molar-refractivity contribution >= 4 is 32.9 Å². The zero-order valence-electron chi connectivity index (χ0n) is 11.4. The van der Waals surface area contributed by atoms with Gasteiger partial charge in [0.05, 0.1) is 0 Å². The molecule has 20 heavy (non-hydrogen) atoms. The standard InChI is InChI=1S/C16H14N4/c1-17-19-15-11-7-3-5-9-13(11)16(20-18-2)14-10-6-4-8-12(14)15/h3-10H,1-2H3. The van der Waals surface area contributed by atoms with Crippen LogP contribution in [0.3, 0.4) is 0 Å². The maximum Gasteiger partial charge on any atom is 0.101 e. The Labute approximate surface area is 116 Å². The number of benzene rings is 3. The fraction of sp³-hybridized carbons (Fsp3) is 0.125. The van der Waals surface area contributed by atoms with Gasteiger partial charge in [-0.1, -0.05) is 48.5 Å². The van der Waals surface area contributed by atoms with Gasteiger partial charge in [-0.05, 0) is 0 Å². The molecule has 98 valence electrons. The maximum absolute atomic E-state index is 4.32. The third-order valence-corrected chi connectivity index (χ3v) is 3.27. The molecule has 0 aliphatic carbocycles. The molecule has 0 fully saturated rings. The molecule has 0 aliphatic rings. The molecular formula is C16H14N4. The van der Waals surface area contributed by atoms with Crippen LogP contribution in [0.5, 0.6) is 0 Å². The van der Waals surface area contributed by atoms with Crippen LogP contribution in [0, 0.1) is 0 Å². The van der Waals surface area contributed by atoms with E-state index in [0.29, 0.717) is 0 Å². The molecule has 4 nitrogen and oxygen atoms in total. The molecule has 0 amide bonds. The van der Waals surface area contributed by atoms with Crippen LogP contribution < -0.4 is 0 Å². The van der Waals surface area contributed by atoms with E-state index >= 15 is 0 Å². The number of hydrogen-bond donors (Lipinski definition) is 0. The number of nitrogens with zero attached hydrogens (tertiary/aromatic N) is 4. The first-order chi connectivity index (χ1) is 9.86. The third kappa shape index (κ3) is 1.86. The Morgan fingerprint density at radius 1 is 0.550 bits per heavy atom. The highest BCUT2D eigenvalue weighted by molar-refractivity contribution is 6.17. The van der Waals surface area contributed by atoms with Crippen LogP contribution in [-0.2, 0) is 0 Å². The topological polar surface area (TPSA) is 49.4 Å². The highest BCUT2D eigenvalue weighted by atomic mass is 15.1. The predicted molar refractivity (Wildman–Crippen MR) is 82.3 cm³/mol. The lowest BCUT2D eigenvalue weighted by Crippen LogP contribution is -1.81. The number of fused-ring (bicyclic) bond motifs is 2. The van der Waals surface area contributed by atoms with Crippen molar-refractivity contribution in [3.63, 3.8) is 0 Å². The average Bonchev–Trinajstić information content (AvgIpc) is 2.50. The lowest BCUT2D eigenvalue weighted by molar-refractivity contribution is 1.17. The van der Waals surface area contributed by atoms with Crippen molar-refractivity contribution in [3.8, 4) is 0 Å². The van der Waals surface area contributed by atoms with E-state index in [1.165, 1.54) is 0 Å². The van der Waals surface area contributed by atoms with Crippen molar-refractivity contribution in [1.82, 2.24) is 0 Å². The van der Waals surface area contributed by atoms with E-state index in [9.17, 15) is 0 Å². The predicted octanol–water partition coefficient (Wildman–Crippen LogP) is 5.42. The third-order valence-electron chi connectivity index (χ3n) is 3.27. The van der Waals surface area contributed by atoms with Crippen LogP contribution in [0.1, 0.15) is 0 Å². The molecule has 0 radical (unpaired) electrons. The molecule has 0 saturated carbocycles. The minimum Gasteiger partial charge on any atom is -0.192 e. The normalized spacial score (nSPS) is 12.1. The molecule has 0 aliphatic heterocycles. The highest BCUT2D eigenvalue weighted by Crippen LogP contribution is 2.42. The Kier molecular flexibility index (Phi) is 3.21. The Bertz CT molecular complexity index is 707. The molecule has 0 heterocycles. The van der Waals surface area contributed by atoms with Crippen LogP contribution >= 0.6 is 0 Å². The molecule has 0 bridgehead atoms.